The first-order valence-corrected chi connectivity index (χ1v) is 7.77. The van der Waals surface area contributed by atoms with E-state index in [-0.39, 0.29) is 0 Å². The topological polar surface area (TPSA) is 15.3 Å². The van der Waals surface area contributed by atoms with Gasteiger partial charge < -0.3 is 10.2 Å². The van der Waals surface area contributed by atoms with E-state index >= 15 is 0 Å². The summed E-state index contributed by atoms with van der Waals surface area (Å²) in [4.78, 5) is 2.61. The Morgan fingerprint density at radius 3 is 2.61 bits per heavy atom. The number of unbranched alkanes of at least 4 members (excludes halogenated alkanes) is 1. The lowest BCUT2D eigenvalue weighted by molar-refractivity contribution is 0.327. The number of nitrogens with one attached hydrogen (secondary N) is 1. The predicted octanol–water partition coefficient (Wildman–Crippen LogP) is 3.59. The van der Waals surface area contributed by atoms with Crippen molar-refractivity contribution in [1.29, 1.82) is 0 Å². The Balaban J connectivity index is 1.88. The van der Waals surface area contributed by atoms with E-state index < -0.39 is 0 Å². The van der Waals surface area contributed by atoms with Crippen molar-refractivity contribution in [3.8, 4) is 0 Å². The minimum Gasteiger partial charge on any atom is -0.314 e. The molecule has 1 atom stereocenters. The fraction of sp³-hybridized carbons (Fsp3) is 0.875. The van der Waals surface area contributed by atoms with Gasteiger partial charge in [0.1, 0.15) is 0 Å². The van der Waals surface area contributed by atoms with Crippen LogP contribution >= 0.6 is 0 Å². The molecule has 2 heteroatoms. The van der Waals surface area contributed by atoms with Crippen molar-refractivity contribution in [3.05, 3.63) is 11.6 Å². The molecule has 0 radical (unpaired) electrons. The number of hydrogen-bond acceptors (Lipinski definition) is 2. The zero-order valence-electron chi connectivity index (χ0n) is 12.7. The fourth-order valence-corrected chi connectivity index (χ4v) is 2.54. The lowest BCUT2D eigenvalue weighted by Crippen LogP contribution is -2.28. The first-order chi connectivity index (χ1) is 8.68. The van der Waals surface area contributed by atoms with Gasteiger partial charge in [-0.05, 0) is 85.5 Å². The van der Waals surface area contributed by atoms with Crippen LogP contribution in [0.3, 0.4) is 0 Å². The molecule has 1 fully saturated rings. The van der Waals surface area contributed by atoms with Gasteiger partial charge in [-0.25, -0.2) is 0 Å². The van der Waals surface area contributed by atoms with Crippen LogP contribution in [0.25, 0.3) is 0 Å². The highest BCUT2D eigenvalue weighted by atomic mass is 15.1. The molecule has 1 rings (SSSR count). The SMILES string of the molecule is CC(C)=CCCC(C)NCCCCN1CCCC1. The van der Waals surface area contributed by atoms with Crippen LogP contribution in [0.1, 0.15) is 59.3 Å². The van der Waals surface area contributed by atoms with E-state index in [1.807, 2.05) is 0 Å². The summed E-state index contributed by atoms with van der Waals surface area (Å²) in [6.07, 6.45) is 10.3. The van der Waals surface area contributed by atoms with Gasteiger partial charge in [0.25, 0.3) is 0 Å². The number of rotatable bonds is 9. The number of nitrogens with zero attached hydrogens (tertiary/aromatic N) is 1. The second-order valence-corrected chi connectivity index (χ2v) is 5.97. The van der Waals surface area contributed by atoms with Crippen LogP contribution in [0, 0.1) is 0 Å². The Kier molecular flexibility index (Phi) is 8.36. The fourth-order valence-electron chi connectivity index (χ4n) is 2.54. The van der Waals surface area contributed by atoms with Gasteiger partial charge in [0.05, 0.1) is 0 Å². The molecule has 0 saturated carbocycles. The largest absolute Gasteiger partial charge is 0.314 e. The van der Waals surface area contributed by atoms with Gasteiger partial charge in [-0.1, -0.05) is 11.6 Å². The van der Waals surface area contributed by atoms with Gasteiger partial charge in [0.15, 0.2) is 0 Å². The highest BCUT2D eigenvalue weighted by Gasteiger charge is 2.10. The summed E-state index contributed by atoms with van der Waals surface area (Å²) in [7, 11) is 0. The van der Waals surface area contributed by atoms with Crippen molar-refractivity contribution >= 4 is 0 Å². The van der Waals surface area contributed by atoms with Gasteiger partial charge in [0, 0.05) is 6.04 Å². The van der Waals surface area contributed by atoms with E-state index in [4.69, 9.17) is 0 Å². The molecule has 0 aromatic carbocycles. The molecule has 0 bridgehead atoms. The smallest absolute Gasteiger partial charge is 0.00416 e. The maximum Gasteiger partial charge on any atom is 0.00416 e. The summed E-state index contributed by atoms with van der Waals surface area (Å²) in [6.45, 7) is 11.8. The summed E-state index contributed by atoms with van der Waals surface area (Å²) >= 11 is 0. The minimum atomic E-state index is 0.660. The second-order valence-electron chi connectivity index (χ2n) is 5.97. The molecule has 1 N–H and O–H groups in total. The van der Waals surface area contributed by atoms with Crippen molar-refractivity contribution in [1.82, 2.24) is 10.2 Å². The standard InChI is InChI=1S/C16H32N2/c1-15(2)9-8-10-16(3)17-11-4-5-12-18-13-6-7-14-18/h9,16-17H,4-8,10-14H2,1-3H3. The molecule has 1 aliphatic rings. The Morgan fingerprint density at radius 1 is 1.22 bits per heavy atom. The van der Waals surface area contributed by atoms with Crippen molar-refractivity contribution < 1.29 is 0 Å². The summed E-state index contributed by atoms with van der Waals surface area (Å²) in [5, 5.41) is 3.63. The molecule has 0 aromatic heterocycles. The molecular weight excluding hydrogens is 220 g/mol. The normalized spacial score (nSPS) is 17.9. The van der Waals surface area contributed by atoms with Crippen LogP contribution in [-0.2, 0) is 0 Å². The average molecular weight is 252 g/mol. The number of allylic oxidation sites excluding steroid dienone is 2. The van der Waals surface area contributed by atoms with Gasteiger partial charge in [-0.2, -0.15) is 0 Å². The number of likely N-dealkylation sites (tertiary alicyclic amines) is 1. The molecule has 18 heavy (non-hydrogen) atoms. The summed E-state index contributed by atoms with van der Waals surface area (Å²) < 4.78 is 0. The first-order valence-electron chi connectivity index (χ1n) is 7.77. The summed E-state index contributed by atoms with van der Waals surface area (Å²) in [5.41, 5.74) is 1.44. The summed E-state index contributed by atoms with van der Waals surface area (Å²) in [5.74, 6) is 0. The molecule has 0 aromatic rings. The molecule has 1 saturated heterocycles. The van der Waals surface area contributed by atoms with Gasteiger partial charge in [-0.3, -0.25) is 0 Å². The predicted molar refractivity (Wildman–Crippen MR) is 81.0 cm³/mol. The van der Waals surface area contributed by atoms with E-state index in [1.165, 1.54) is 70.3 Å². The molecule has 1 unspecified atom stereocenters. The molecule has 1 aliphatic heterocycles. The highest BCUT2D eigenvalue weighted by molar-refractivity contribution is 4.93. The van der Waals surface area contributed by atoms with E-state index in [0.717, 1.165) is 0 Å². The monoisotopic (exact) mass is 252 g/mol. The molecule has 106 valence electrons. The third-order valence-electron chi connectivity index (χ3n) is 3.74. The molecule has 0 spiro atoms. The van der Waals surface area contributed by atoms with E-state index in [9.17, 15) is 0 Å². The van der Waals surface area contributed by atoms with E-state index in [0.29, 0.717) is 6.04 Å². The quantitative estimate of drug-likeness (QED) is 0.498. The Bertz CT molecular complexity index is 225. The zero-order chi connectivity index (χ0) is 13.2. The Hall–Kier alpha value is -0.340. The lowest BCUT2D eigenvalue weighted by atomic mass is 10.1. The van der Waals surface area contributed by atoms with Crippen molar-refractivity contribution in [2.45, 2.75) is 65.3 Å². The van der Waals surface area contributed by atoms with Crippen LogP contribution in [0.5, 0.6) is 0 Å². The Labute approximate surface area is 114 Å². The molecule has 0 aliphatic carbocycles. The van der Waals surface area contributed by atoms with Gasteiger partial charge in [0.2, 0.25) is 0 Å². The first kappa shape index (κ1) is 15.7. The molecule has 1 heterocycles. The number of hydrogen-bond donors (Lipinski definition) is 1. The van der Waals surface area contributed by atoms with E-state index in [2.05, 4.69) is 37.1 Å². The average Bonchev–Trinajstić information content (AvgIpc) is 2.81. The van der Waals surface area contributed by atoms with Crippen LogP contribution in [0.4, 0.5) is 0 Å². The van der Waals surface area contributed by atoms with Crippen LogP contribution in [0.2, 0.25) is 0 Å². The minimum absolute atomic E-state index is 0.660. The third kappa shape index (κ3) is 7.88. The van der Waals surface area contributed by atoms with Gasteiger partial charge in [-0.15, -0.1) is 0 Å². The molecular formula is C16H32N2. The van der Waals surface area contributed by atoms with Crippen molar-refractivity contribution in [3.63, 3.8) is 0 Å². The maximum absolute atomic E-state index is 3.63. The molecule has 2 nitrogen and oxygen atoms in total. The van der Waals surface area contributed by atoms with Crippen LogP contribution < -0.4 is 5.32 Å². The lowest BCUT2D eigenvalue weighted by Gasteiger charge is -2.15. The highest BCUT2D eigenvalue weighted by Crippen LogP contribution is 2.08. The van der Waals surface area contributed by atoms with Gasteiger partial charge >= 0.3 is 0 Å². The second kappa shape index (κ2) is 9.57. The third-order valence-corrected chi connectivity index (χ3v) is 3.74. The van der Waals surface area contributed by atoms with Crippen LogP contribution in [-0.4, -0.2) is 37.1 Å². The maximum atomic E-state index is 3.63. The molecule has 0 amide bonds. The van der Waals surface area contributed by atoms with Crippen molar-refractivity contribution in [2.75, 3.05) is 26.2 Å². The van der Waals surface area contributed by atoms with Crippen molar-refractivity contribution in [2.24, 2.45) is 0 Å². The van der Waals surface area contributed by atoms with E-state index in [1.54, 1.807) is 0 Å². The van der Waals surface area contributed by atoms with Crippen LogP contribution in [0.15, 0.2) is 11.6 Å². The summed E-state index contributed by atoms with van der Waals surface area (Å²) in [6, 6.07) is 0.660. The zero-order valence-corrected chi connectivity index (χ0v) is 12.7. The Morgan fingerprint density at radius 2 is 1.94 bits per heavy atom.